The number of carbonyl (C=O) groups is 1. The molecule has 0 spiro atoms. The normalized spacial score (nSPS) is 10.8. The van der Waals surface area contributed by atoms with Crippen LogP contribution in [0.1, 0.15) is 6.92 Å². The zero-order valence-electron chi connectivity index (χ0n) is 11.0. The van der Waals surface area contributed by atoms with E-state index in [9.17, 15) is 13.2 Å². The molecule has 0 aromatic heterocycles. The molecular formula is C11H17N3O5S. The van der Waals surface area contributed by atoms with Crippen molar-refractivity contribution in [2.24, 2.45) is 0 Å². The summed E-state index contributed by atoms with van der Waals surface area (Å²) in [6.45, 7) is 1.76. The molecule has 0 saturated heterocycles. The van der Waals surface area contributed by atoms with Crippen molar-refractivity contribution in [2.45, 2.75) is 6.92 Å². The van der Waals surface area contributed by atoms with Gasteiger partial charge in [0.2, 0.25) is 0 Å². The number of hydrogen-bond donors (Lipinski definition) is 3. The summed E-state index contributed by atoms with van der Waals surface area (Å²) in [4.78, 5) is 10.9. The van der Waals surface area contributed by atoms with Crippen molar-refractivity contribution in [1.29, 1.82) is 0 Å². The molecule has 1 rings (SSSR count). The second-order valence-corrected chi connectivity index (χ2v) is 5.14. The molecule has 0 bridgehead atoms. The van der Waals surface area contributed by atoms with Crippen molar-refractivity contribution in [3.8, 4) is 5.75 Å². The molecule has 0 aliphatic rings. The number of amides is 1. The number of nitrogens with two attached hydrogens (primary N) is 1. The lowest BCUT2D eigenvalue weighted by molar-refractivity contribution is 0.158. The molecular weight excluding hydrogens is 286 g/mol. The molecule has 0 aliphatic heterocycles. The zero-order chi connectivity index (χ0) is 15.0. The highest BCUT2D eigenvalue weighted by Gasteiger charge is 2.13. The van der Waals surface area contributed by atoms with Gasteiger partial charge in [0, 0.05) is 12.2 Å². The molecule has 20 heavy (non-hydrogen) atoms. The molecule has 0 unspecified atom stereocenters. The van der Waals surface area contributed by atoms with Gasteiger partial charge < -0.3 is 15.2 Å². The molecule has 1 aromatic carbocycles. The van der Waals surface area contributed by atoms with E-state index in [4.69, 9.17) is 10.5 Å². The van der Waals surface area contributed by atoms with Crippen LogP contribution in [0.5, 0.6) is 5.75 Å². The maximum absolute atomic E-state index is 11.4. The Morgan fingerprint density at radius 3 is 2.55 bits per heavy atom. The van der Waals surface area contributed by atoms with Gasteiger partial charge in [-0.05, 0) is 31.2 Å². The first-order valence-corrected chi connectivity index (χ1v) is 7.34. The highest BCUT2D eigenvalue weighted by Crippen LogP contribution is 2.12. The molecule has 0 radical (unpaired) electrons. The van der Waals surface area contributed by atoms with Gasteiger partial charge in [-0.2, -0.15) is 13.1 Å². The first-order valence-electron chi connectivity index (χ1n) is 5.85. The predicted molar refractivity (Wildman–Crippen MR) is 73.4 cm³/mol. The minimum atomic E-state index is -3.94. The van der Waals surface area contributed by atoms with Crippen molar-refractivity contribution < 1.29 is 22.7 Å². The summed E-state index contributed by atoms with van der Waals surface area (Å²) in [5, 5.41) is 0. The van der Waals surface area contributed by atoms with Crippen molar-refractivity contribution in [2.75, 3.05) is 25.5 Å². The lowest BCUT2D eigenvalue weighted by atomic mass is 10.3. The summed E-state index contributed by atoms with van der Waals surface area (Å²) >= 11 is 0. The maximum Gasteiger partial charge on any atom is 0.421 e. The van der Waals surface area contributed by atoms with Crippen molar-refractivity contribution >= 4 is 22.0 Å². The van der Waals surface area contributed by atoms with Gasteiger partial charge in [-0.3, -0.25) is 0 Å². The SMILES string of the molecule is CCOC(=O)NS(=O)(=O)NCCOc1ccc(N)cc1. The number of anilines is 1. The van der Waals surface area contributed by atoms with E-state index in [1.807, 2.05) is 0 Å². The third-order valence-corrected chi connectivity index (χ3v) is 3.06. The fraction of sp³-hybridized carbons (Fsp3) is 0.364. The Bertz CT molecular complexity index is 529. The van der Waals surface area contributed by atoms with Gasteiger partial charge in [-0.1, -0.05) is 0 Å². The van der Waals surface area contributed by atoms with Crippen molar-refractivity contribution in [1.82, 2.24) is 9.44 Å². The molecule has 1 aromatic rings. The average Bonchev–Trinajstić information content (AvgIpc) is 2.36. The standard InChI is InChI=1S/C11H17N3O5S/c1-2-18-11(15)14-20(16,17)13-7-8-19-10-5-3-9(12)4-6-10/h3-6,13H,2,7-8,12H2,1H3,(H,14,15). The maximum atomic E-state index is 11.4. The number of nitrogen functional groups attached to an aromatic ring is 1. The number of rotatable bonds is 7. The molecule has 0 aliphatic carbocycles. The minimum absolute atomic E-state index is 0.000878. The van der Waals surface area contributed by atoms with Crippen LogP contribution in [0, 0.1) is 0 Å². The Labute approximate surface area is 117 Å². The molecule has 4 N–H and O–H groups in total. The van der Waals surface area contributed by atoms with Crippen LogP contribution < -0.4 is 19.9 Å². The van der Waals surface area contributed by atoms with Crippen molar-refractivity contribution in [3.63, 3.8) is 0 Å². The summed E-state index contributed by atoms with van der Waals surface area (Å²) in [7, 11) is -3.94. The third-order valence-electron chi connectivity index (χ3n) is 2.04. The van der Waals surface area contributed by atoms with E-state index in [0.717, 1.165) is 0 Å². The van der Waals surface area contributed by atoms with Gasteiger partial charge in [0.25, 0.3) is 0 Å². The third kappa shape index (κ3) is 6.25. The quantitative estimate of drug-likeness (QED) is 0.490. The lowest BCUT2D eigenvalue weighted by Crippen LogP contribution is -2.42. The zero-order valence-corrected chi connectivity index (χ0v) is 11.8. The van der Waals surface area contributed by atoms with E-state index in [-0.39, 0.29) is 19.8 Å². The summed E-state index contributed by atoms with van der Waals surface area (Å²) < 4.78 is 36.3. The molecule has 0 heterocycles. The van der Waals surface area contributed by atoms with Crippen LogP contribution in [0.15, 0.2) is 24.3 Å². The van der Waals surface area contributed by atoms with Crippen LogP contribution in [-0.2, 0) is 14.9 Å². The summed E-state index contributed by atoms with van der Waals surface area (Å²) in [6, 6.07) is 6.67. The Hall–Kier alpha value is -2.00. The first kappa shape index (κ1) is 16.1. The van der Waals surface area contributed by atoms with Gasteiger partial charge in [0.15, 0.2) is 0 Å². The first-order chi connectivity index (χ1) is 9.43. The van der Waals surface area contributed by atoms with E-state index in [0.29, 0.717) is 11.4 Å². The fourth-order valence-corrected chi connectivity index (χ4v) is 1.92. The Balaban J connectivity index is 2.29. The van der Waals surface area contributed by atoms with Gasteiger partial charge in [-0.25, -0.2) is 9.52 Å². The number of benzene rings is 1. The van der Waals surface area contributed by atoms with E-state index in [2.05, 4.69) is 9.46 Å². The second-order valence-electron chi connectivity index (χ2n) is 3.64. The smallest absolute Gasteiger partial charge is 0.421 e. The topological polar surface area (TPSA) is 120 Å². The van der Waals surface area contributed by atoms with Crippen molar-refractivity contribution in [3.05, 3.63) is 24.3 Å². The van der Waals surface area contributed by atoms with Gasteiger partial charge in [0.05, 0.1) is 6.61 Å². The van der Waals surface area contributed by atoms with E-state index in [1.54, 1.807) is 35.9 Å². The lowest BCUT2D eigenvalue weighted by Gasteiger charge is -2.09. The summed E-state index contributed by atoms with van der Waals surface area (Å²) in [5.41, 5.74) is 6.12. The number of carbonyl (C=O) groups excluding carboxylic acids is 1. The average molecular weight is 303 g/mol. The number of ether oxygens (including phenoxy) is 2. The second kappa shape index (κ2) is 7.56. The Morgan fingerprint density at radius 2 is 1.95 bits per heavy atom. The van der Waals surface area contributed by atoms with E-state index >= 15 is 0 Å². The summed E-state index contributed by atoms with van der Waals surface area (Å²) in [5.74, 6) is 0.566. The fourth-order valence-electron chi connectivity index (χ4n) is 1.22. The highest BCUT2D eigenvalue weighted by atomic mass is 32.2. The van der Waals surface area contributed by atoms with Gasteiger partial charge >= 0.3 is 16.3 Å². The van der Waals surface area contributed by atoms with Crippen LogP contribution in [0.3, 0.4) is 0 Å². The molecule has 0 fully saturated rings. The van der Waals surface area contributed by atoms with Crippen LogP contribution >= 0.6 is 0 Å². The van der Waals surface area contributed by atoms with E-state index < -0.39 is 16.3 Å². The minimum Gasteiger partial charge on any atom is -0.492 e. The van der Waals surface area contributed by atoms with Crippen LogP contribution in [0.25, 0.3) is 0 Å². The molecule has 0 atom stereocenters. The van der Waals surface area contributed by atoms with Crippen LogP contribution in [-0.4, -0.2) is 34.3 Å². The molecule has 9 heteroatoms. The molecule has 0 saturated carbocycles. The monoisotopic (exact) mass is 303 g/mol. The van der Waals surface area contributed by atoms with Crippen LogP contribution in [0.4, 0.5) is 10.5 Å². The highest BCUT2D eigenvalue weighted by molar-refractivity contribution is 7.88. The molecule has 1 amide bonds. The summed E-state index contributed by atoms with van der Waals surface area (Å²) in [6.07, 6.45) is -1.03. The molecule has 8 nitrogen and oxygen atoms in total. The number of hydrogen-bond acceptors (Lipinski definition) is 6. The van der Waals surface area contributed by atoms with Crippen LogP contribution in [0.2, 0.25) is 0 Å². The Kier molecular flexibility index (Phi) is 6.07. The predicted octanol–water partition coefficient (Wildman–Crippen LogP) is 0.228. The van der Waals surface area contributed by atoms with E-state index in [1.165, 1.54) is 0 Å². The van der Waals surface area contributed by atoms with Gasteiger partial charge in [0.1, 0.15) is 12.4 Å². The largest absolute Gasteiger partial charge is 0.492 e. The van der Waals surface area contributed by atoms with Gasteiger partial charge in [-0.15, -0.1) is 0 Å². The Morgan fingerprint density at radius 1 is 1.30 bits per heavy atom. The molecule has 112 valence electrons. The number of nitrogens with one attached hydrogen (secondary N) is 2.